The summed E-state index contributed by atoms with van der Waals surface area (Å²) in [5.41, 5.74) is 0.119. The number of aryl methyl sites for hydroxylation is 1. The Hall–Kier alpha value is -2.97. The zero-order valence-corrected chi connectivity index (χ0v) is 13.5. The van der Waals surface area contributed by atoms with Crippen LogP contribution >= 0.6 is 0 Å². The standard InChI is InChI=1S/C16H16FN3O5/c1-10-15(18-9-24-10)16(21)25-12-3-2-6-19(8-12)13-5-4-11(17)7-14(13)20(22)23/h4-5,7,9,12H,2-3,6,8H2,1H3. The number of halogens is 1. The minimum Gasteiger partial charge on any atom is -0.456 e. The molecule has 1 aliphatic rings. The van der Waals surface area contributed by atoms with Crippen LogP contribution in [-0.4, -0.2) is 35.1 Å². The second-order valence-corrected chi connectivity index (χ2v) is 5.76. The van der Waals surface area contributed by atoms with E-state index in [2.05, 4.69) is 4.98 Å². The molecule has 2 heterocycles. The van der Waals surface area contributed by atoms with Gasteiger partial charge in [0, 0.05) is 6.54 Å². The number of ether oxygens (including phenoxy) is 1. The molecule has 0 radical (unpaired) electrons. The molecular formula is C16H16FN3O5. The summed E-state index contributed by atoms with van der Waals surface area (Å²) in [6, 6.07) is 3.44. The summed E-state index contributed by atoms with van der Waals surface area (Å²) in [4.78, 5) is 28.2. The number of nitrogens with zero attached hydrogens (tertiary/aromatic N) is 3. The van der Waals surface area contributed by atoms with Crippen molar-refractivity contribution in [3.63, 3.8) is 0 Å². The summed E-state index contributed by atoms with van der Waals surface area (Å²) in [6.45, 7) is 2.46. The fraction of sp³-hybridized carbons (Fsp3) is 0.375. The van der Waals surface area contributed by atoms with Gasteiger partial charge in [0.15, 0.2) is 12.1 Å². The molecule has 0 saturated carbocycles. The van der Waals surface area contributed by atoms with Gasteiger partial charge < -0.3 is 14.1 Å². The van der Waals surface area contributed by atoms with Crippen LogP contribution in [0.1, 0.15) is 29.1 Å². The second kappa shape index (κ2) is 6.88. The average molecular weight is 349 g/mol. The van der Waals surface area contributed by atoms with E-state index in [0.717, 1.165) is 6.07 Å². The van der Waals surface area contributed by atoms with Crippen LogP contribution in [0.5, 0.6) is 0 Å². The van der Waals surface area contributed by atoms with Crippen molar-refractivity contribution in [2.24, 2.45) is 0 Å². The summed E-state index contributed by atoms with van der Waals surface area (Å²) in [7, 11) is 0. The third kappa shape index (κ3) is 3.59. The molecule has 2 aromatic rings. The lowest BCUT2D eigenvalue weighted by Crippen LogP contribution is -2.41. The number of rotatable bonds is 4. The summed E-state index contributed by atoms with van der Waals surface area (Å²) in [6.07, 6.45) is 2.04. The van der Waals surface area contributed by atoms with Crippen LogP contribution in [0, 0.1) is 22.9 Å². The van der Waals surface area contributed by atoms with Crippen molar-refractivity contribution in [2.75, 3.05) is 18.0 Å². The SMILES string of the molecule is Cc1ocnc1C(=O)OC1CCCN(c2ccc(F)cc2[N+](=O)[O-])C1. The first kappa shape index (κ1) is 16.9. The minimum absolute atomic E-state index is 0.116. The van der Waals surface area contributed by atoms with Gasteiger partial charge in [-0.25, -0.2) is 14.2 Å². The number of anilines is 1. The van der Waals surface area contributed by atoms with Gasteiger partial charge in [-0.2, -0.15) is 0 Å². The van der Waals surface area contributed by atoms with Crippen molar-refractivity contribution < 1.29 is 23.3 Å². The van der Waals surface area contributed by atoms with Gasteiger partial charge >= 0.3 is 5.97 Å². The van der Waals surface area contributed by atoms with Gasteiger partial charge in [-0.1, -0.05) is 0 Å². The molecular weight excluding hydrogens is 333 g/mol. The van der Waals surface area contributed by atoms with Crippen LogP contribution in [0.25, 0.3) is 0 Å². The highest BCUT2D eigenvalue weighted by atomic mass is 19.1. The monoisotopic (exact) mass is 349 g/mol. The Labute approximate surface area is 142 Å². The maximum Gasteiger partial charge on any atom is 0.360 e. The number of carbonyl (C=O) groups excluding carboxylic acids is 1. The number of benzene rings is 1. The van der Waals surface area contributed by atoms with Gasteiger partial charge in [0.05, 0.1) is 17.5 Å². The van der Waals surface area contributed by atoms with Crippen LogP contribution in [0.4, 0.5) is 15.8 Å². The van der Waals surface area contributed by atoms with Gasteiger partial charge in [0.1, 0.15) is 23.4 Å². The summed E-state index contributed by atoms with van der Waals surface area (Å²) < 4.78 is 23.7. The second-order valence-electron chi connectivity index (χ2n) is 5.76. The minimum atomic E-state index is -0.669. The summed E-state index contributed by atoms with van der Waals surface area (Å²) in [5.74, 6) is -0.893. The number of nitro groups is 1. The Bertz CT molecular complexity index is 807. The normalized spacial score (nSPS) is 17.4. The Morgan fingerprint density at radius 1 is 1.52 bits per heavy atom. The predicted octanol–water partition coefficient (Wildman–Crippen LogP) is 2.86. The van der Waals surface area contributed by atoms with Crippen LogP contribution in [0.3, 0.4) is 0 Å². The largest absolute Gasteiger partial charge is 0.456 e. The molecule has 1 aliphatic heterocycles. The number of aromatic nitrogens is 1. The van der Waals surface area contributed by atoms with Crippen LogP contribution in [0.2, 0.25) is 0 Å². The first-order valence-electron chi connectivity index (χ1n) is 7.75. The lowest BCUT2D eigenvalue weighted by atomic mass is 10.1. The van der Waals surface area contributed by atoms with E-state index in [1.165, 1.54) is 18.5 Å². The van der Waals surface area contributed by atoms with E-state index in [-0.39, 0.29) is 17.9 Å². The van der Waals surface area contributed by atoms with E-state index in [0.29, 0.717) is 30.8 Å². The highest BCUT2D eigenvalue weighted by molar-refractivity contribution is 5.88. The molecule has 0 spiro atoms. The number of piperidine rings is 1. The van der Waals surface area contributed by atoms with Gasteiger partial charge in [0.25, 0.3) is 5.69 Å². The lowest BCUT2D eigenvalue weighted by Gasteiger charge is -2.33. The number of hydrogen-bond donors (Lipinski definition) is 0. The molecule has 0 aliphatic carbocycles. The topological polar surface area (TPSA) is 98.7 Å². The van der Waals surface area contributed by atoms with E-state index in [4.69, 9.17) is 9.15 Å². The van der Waals surface area contributed by atoms with Crippen LogP contribution in [0.15, 0.2) is 29.0 Å². The van der Waals surface area contributed by atoms with E-state index in [1.54, 1.807) is 11.8 Å². The first-order valence-corrected chi connectivity index (χ1v) is 7.75. The summed E-state index contributed by atoms with van der Waals surface area (Å²) >= 11 is 0. The van der Waals surface area contributed by atoms with Crippen molar-refractivity contribution in [3.05, 3.63) is 52.0 Å². The average Bonchev–Trinajstić information content (AvgIpc) is 3.01. The maximum atomic E-state index is 13.3. The molecule has 1 saturated heterocycles. The number of nitro benzene ring substituents is 1. The van der Waals surface area contributed by atoms with Gasteiger partial charge in [-0.05, 0) is 31.9 Å². The Balaban J connectivity index is 1.75. The van der Waals surface area contributed by atoms with E-state index >= 15 is 0 Å². The molecule has 1 unspecified atom stereocenters. The highest BCUT2D eigenvalue weighted by Gasteiger charge is 2.29. The van der Waals surface area contributed by atoms with E-state index in [1.807, 2.05) is 0 Å². The molecule has 1 atom stereocenters. The fourth-order valence-corrected chi connectivity index (χ4v) is 2.87. The van der Waals surface area contributed by atoms with Crippen molar-refractivity contribution in [3.8, 4) is 0 Å². The Kier molecular flexibility index (Phi) is 4.64. The molecule has 1 aromatic carbocycles. The number of hydrogen-bond acceptors (Lipinski definition) is 7. The zero-order chi connectivity index (χ0) is 18.0. The quantitative estimate of drug-likeness (QED) is 0.475. The predicted molar refractivity (Wildman–Crippen MR) is 84.9 cm³/mol. The molecule has 8 nitrogen and oxygen atoms in total. The molecule has 9 heteroatoms. The maximum absolute atomic E-state index is 13.3. The molecule has 1 aromatic heterocycles. The van der Waals surface area contributed by atoms with E-state index in [9.17, 15) is 19.3 Å². The van der Waals surface area contributed by atoms with Crippen molar-refractivity contribution in [2.45, 2.75) is 25.9 Å². The highest BCUT2D eigenvalue weighted by Crippen LogP contribution is 2.31. The molecule has 0 N–H and O–H groups in total. The van der Waals surface area contributed by atoms with E-state index < -0.39 is 22.8 Å². The van der Waals surface area contributed by atoms with Crippen molar-refractivity contribution in [1.29, 1.82) is 0 Å². The smallest absolute Gasteiger partial charge is 0.360 e. The molecule has 1 fully saturated rings. The van der Waals surface area contributed by atoms with Crippen LogP contribution < -0.4 is 4.90 Å². The number of carbonyl (C=O) groups is 1. The fourth-order valence-electron chi connectivity index (χ4n) is 2.87. The number of oxazole rings is 1. The molecule has 25 heavy (non-hydrogen) atoms. The van der Waals surface area contributed by atoms with Gasteiger partial charge in [0.2, 0.25) is 0 Å². The zero-order valence-electron chi connectivity index (χ0n) is 13.5. The third-order valence-electron chi connectivity index (χ3n) is 4.06. The van der Waals surface area contributed by atoms with Gasteiger partial charge in [-0.3, -0.25) is 10.1 Å². The Morgan fingerprint density at radius 2 is 2.32 bits per heavy atom. The molecule has 0 amide bonds. The first-order chi connectivity index (χ1) is 12.0. The molecule has 0 bridgehead atoms. The lowest BCUT2D eigenvalue weighted by molar-refractivity contribution is -0.384. The number of esters is 1. The third-order valence-corrected chi connectivity index (χ3v) is 4.06. The molecule has 3 rings (SSSR count). The van der Waals surface area contributed by atoms with Gasteiger partial charge in [-0.15, -0.1) is 0 Å². The van der Waals surface area contributed by atoms with Crippen LogP contribution in [-0.2, 0) is 4.74 Å². The Morgan fingerprint density at radius 3 is 3.00 bits per heavy atom. The van der Waals surface area contributed by atoms with Crippen molar-refractivity contribution in [1.82, 2.24) is 4.98 Å². The summed E-state index contributed by atoms with van der Waals surface area (Å²) in [5, 5.41) is 11.2. The molecule has 132 valence electrons. The van der Waals surface area contributed by atoms with Crippen molar-refractivity contribution >= 4 is 17.3 Å².